The number of ether oxygens (including phenoxy) is 2. The maximum absolute atomic E-state index is 5.32. The zero-order valence-electron chi connectivity index (χ0n) is 10.5. The second-order valence-corrected chi connectivity index (χ2v) is 4.24. The molecule has 2 rings (SSSR count). The van der Waals surface area contributed by atoms with Crippen LogP contribution in [0.2, 0.25) is 0 Å². The minimum atomic E-state index is 0.561. The lowest BCUT2D eigenvalue weighted by atomic mass is 10.2. The third-order valence-corrected chi connectivity index (χ3v) is 3.11. The fraction of sp³-hybridized carbons (Fsp3) is 0.538. The second-order valence-electron chi connectivity index (χ2n) is 4.24. The summed E-state index contributed by atoms with van der Waals surface area (Å²) in [5, 5.41) is 6.87. The van der Waals surface area contributed by atoms with E-state index in [0.717, 1.165) is 30.3 Å². The van der Waals surface area contributed by atoms with Gasteiger partial charge in [-0.25, -0.2) is 0 Å². The van der Waals surface area contributed by atoms with Gasteiger partial charge in [0.1, 0.15) is 11.5 Å². The Kier molecular flexibility index (Phi) is 4.09. The SMILES string of the molecule is COc1ccc(OC)c(NCC2CCCN2)c1. The van der Waals surface area contributed by atoms with Gasteiger partial charge in [-0.15, -0.1) is 0 Å². The Bertz CT molecular complexity index is 362. The third-order valence-electron chi connectivity index (χ3n) is 3.11. The summed E-state index contributed by atoms with van der Waals surface area (Å²) in [5.74, 6) is 1.69. The van der Waals surface area contributed by atoms with Crippen LogP contribution in [0.4, 0.5) is 5.69 Å². The molecule has 94 valence electrons. The standard InChI is InChI=1S/C13H20N2O2/c1-16-11-5-6-13(17-2)12(8-11)15-9-10-4-3-7-14-10/h5-6,8,10,14-15H,3-4,7,9H2,1-2H3. The molecule has 1 saturated heterocycles. The lowest BCUT2D eigenvalue weighted by molar-refractivity contribution is 0.404. The van der Waals surface area contributed by atoms with Gasteiger partial charge in [-0.05, 0) is 31.5 Å². The quantitative estimate of drug-likeness (QED) is 0.819. The first-order chi connectivity index (χ1) is 8.33. The van der Waals surface area contributed by atoms with E-state index in [1.807, 2.05) is 18.2 Å². The topological polar surface area (TPSA) is 42.5 Å². The molecule has 2 N–H and O–H groups in total. The Morgan fingerprint density at radius 3 is 2.88 bits per heavy atom. The maximum Gasteiger partial charge on any atom is 0.142 e. The van der Waals surface area contributed by atoms with Crippen molar-refractivity contribution >= 4 is 5.69 Å². The first kappa shape index (κ1) is 12.0. The molecule has 0 saturated carbocycles. The zero-order chi connectivity index (χ0) is 12.1. The molecule has 1 atom stereocenters. The van der Waals surface area contributed by atoms with E-state index in [1.54, 1.807) is 14.2 Å². The smallest absolute Gasteiger partial charge is 0.142 e. The lowest BCUT2D eigenvalue weighted by Crippen LogP contribution is -2.29. The van der Waals surface area contributed by atoms with Gasteiger partial charge in [0.2, 0.25) is 0 Å². The lowest BCUT2D eigenvalue weighted by Gasteiger charge is -2.15. The average Bonchev–Trinajstić information content (AvgIpc) is 2.89. The maximum atomic E-state index is 5.32. The minimum absolute atomic E-state index is 0.561. The first-order valence-corrected chi connectivity index (χ1v) is 6.03. The number of hydrogen-bond acceptors (Lipinski definition) is 4. The van der Waals surface area contributed by atoms with Crippen LogP contribution in [-0.4, -0.2) is 33.4 Å². The summed E-state index contributed by atoms with van der Waals surface area (Å²) in [6.07, 6.45) is 2.50. The molecule has 0 aromatic heterocycles. The number of nitrogens with one attached hydrogen (secondary N) is 2. The highest BCUT2D eigenvalue weighted by atomic mass is 16.5. The van der Waals surface area contributed by atoms with E-state index in [9.17, 15) is 0 Å². The highest BCUT2D eigenvalue weighted by Gasteiger charge is 2.14. The summed E-state index contributed by atoms with van der Waals surface area (Å²) >= 11 is 0. The number of anilines is 1. The molecular formula is C13H20N2O2. The fourth-order valence-corrected chi connectivity index (χ4v) is 2.12. The fourth-order valence-electron chi connectivity index (χ4n) is 2.12. The van der Waals surface area contributed by atoms with Crippen molar-refractivity contribution in [2.24, 2.45) is 0 Å². The molecule has 1 aliphatic heterocycles. The molecule has 0 amide bonds. The summed E-state index contributed by atoms with van der Waals surface area (Å²) < 4.78 is 10.5. The Morgan fingerprint density at radius 2 is 2.24 bits per heavy atom. The van der Waals surface area contributed by atoms with Crippen molar-refractivity contribution in [3.05, 3.63) is 18.2 Å². The molecule has 1 aliphatic rings. The summed E-state index contributed by atoms with van der Waals surface area (Å²) in [6, 6.07) is 6.35. The third kappa shape index (κ3) is 3.03. The van der Waals surface area contributed by atoms with Crippen LogP contribution in [0.25, 0.3) is 0 Å². The van der Waals surface area contributed by atoms with Crippen molar-refractivity contribution in [1.29, 1.82) is 0 Å². The molecule has 1 unspecified atom stereocenters. The summed E-state index contributed by atoms with van der Waals surface area (Å²) in [5.41, 5.74) is 0.987. The molecule has 0 aliphatic carbocycles. The van der Waals surface area contributed by atoms with E-state index in [1.165, 1.54) is 12.8 Å². The van der Waals surface area contributed by atoms with Gasteiger partial charge in [0.15, 0.2) is 0 Å². The largest absolute Gasteiger partial charge is 0.497 e. The number of rotatable bonds is 5. The van der Waals surface area contributed by atoms with Crippen molar-refractivity contribution in [2.45, 2.75) is 18.9 Å². The van der Waals surface area contributed by atoms with E-state index in [2.05, 4.69) is 10.6 Å². The van der Waals surface area contributed by atoms with Crippen LogP contribution < -0.4 is 20.1 Å². The predicted octanol–water partition coefficient (Wildman–Crippen LogP) is 1.87. The van der Waals surface area contributed by atoms with Gasteiger partial charge < -0.3 is 20.1 Å². The van der Waals surface area contributed by atoms with Crippen molar-refractivity contribution in [3.8, 4) is 11.5 Å². The Balaban J connectivity index is 2.01. The van der Waals surface area contributed by atoms with Crippen LogP contribution in [0.5, 0.6) is 11.5 Å². The highest BCUT2D eigenvalue weighted by Crippen LogP contribution is 2.28. The molecule has 4 heteroatoms. The molecule has 1 aromatic rings. The van der Waals surface area contributed by atoms with Crippen LogP contribution in [0.1, 0.15) is 12.8 Å². The molecular weight excluding hydrogens is 216 g/mol. The van der Waals surface area contributed by atoms with Crippen molar-refractivity contribution in [2.75, 3.05) is 32.6 Å². The van der Waals surface area contributed by atoms with Crippen LogP contribution in [0.3, 0.4) is 0 Å². The van der Waals surface area contributed by atoms with E-state index < -0.39 is 0 Å². The Morgan fingerprint density at radius 1 is 1.35 bits per heavy atom. The van der Waals surface area contributed by atoms with Gasteiger partial charge in [0.25, 0.3) is 0 Å². The van der Waals surface area contributed by atoms with Gasteiger partial charge in [0.05, 0.1) is 19.9 Å². The van der Waals surface area contributed by atoms with Crippen molar-refractivity contribution < 1.29 is 9.47 Å². The second kappa shape index (κ2) is 5.77. The average molecular weight is 236 g/mol. The Hall–Kier alpha value is -1.42. The van der Waals surface area contributed by atoms with Crippen molar-refractivity contribution in [1.82, 2.24) is 5.32 Å². The van der Waals surface area contributed by atoms with Crippen molar-refractivity contribution in [3.63, 3.8) is 0 Å². The molecule has 0 spiro atoms. The number of hydrogen-bond donors (Lipinski definition) is 2. The van der Waals surface area contributed by atoms with Gasteiger partial charge in [-0.2, -0.15) is 0 Å². The first-order valence-electron chi connectivity index (χ1n) is 6.03. The molecule has 4 nitrogen and oxygen atoms in total. The highest BCUT2D eigenvalue weighted by molar-refractivity contribution is 5.59. The molecule has 17 heavy (non-hydrogen) atoms. The summed E-state index contributed by atoms with van der Waals surface area (Å²) in [6.45, 7) is 2.05. The molecule has 1 heterocycles. The normalized spacial score (nSPS) is 19.1. The molecule has 0 bridgehead atoms. The van der Waals surface area contributed by atoms with E-state index in [4.69, 9.17) is 9.47 Å². The van der Waals surface area contributed by atoms with E-state index >= 15 is 0 Å². The number of benzene rings is 1. The number of methoxy groups -OCH3 is 2. The van der Waals surface area contributed by atoms with Gasteiger partial charge in [-0.3, -0.25) is 0 Å². The van der Waals surface area contributed by atoms with E-state index in [0.29, 0.717) is 6.04 Å². The minimum Gasteiger partial charge on any atom is -0.497 e. The van der Waals surface area contributed by atoms with Gasteiger partial charge >= 0.3 is 0 Å². The van der Waals surface area contributed by atoms with Crippen LogP contribution in [0, 0.1) is 0 Å². The monoisotopic (exact) mass is 236 g/mol. The van der Waals surface area contributed by atoms with Crippen LogP contribution in [-0.2, 0) is 0 Å². The molecule has 1 aromatic carbocycles. The predicted molar refractivity (Wildman–Crippen MR) is 69.1 cm³/mol. The molecule has 0 radical (unpaired) electrons. The summed E-state index contributed by atoms with van der Waals surface area (Å²) in [4.78, 5) is 0. The Labute approximate surface area is 102 Å². The summed E-state index contributed by atoms with van der Waals surface area (Å²) in [7, 11) is 3.35. The van der Waals surface area contributed by atoms with Gasteiger partial charge in [0, 0.05) is 18.7 Å². The van der Waals surface area contributed by atoms with Crippen LogP contribution >= 0.6 is 0 Å². The van der Waals surface area contributed by atoms with E-state index in [-0.39, 0.29) is 0 Å². The van der Waals surface area contributed by atoms with Crippen LogP contribution in [0.15, 0.2) is 18.2 Å². The zero-order valence-corrected chi connectivity index (χ0v) is 10.5. The van der Waals surface area contributed by atoms with Gasteiger partial charge in [-0.1, -0.05) is 0 Å². The molecule has 1 fully saturated rings.